The molecule has 0 aliphatic rings. The topological polar surface area (TPSA) is 76.9 Å². The first kappa shape index (κ1) is 13.9. The summed E-state index contributed by atoms with van der Waals surface area (Å²) in [6, 6.07) is 10.6. The summed E-state index contributed by atoms with van der Waals surface area (Å²) in [5, 5.41) is 3.66. The third-order valence-corrected chi connectivity index (χ3v) is 3.25. The van der Waals surface area contributed by atoms with E-state index in [9.17, 15) is 9.59 Å². The van der Waals surface area contributed by atoms with E-state index in [1.165, 1.54) is 17.0 Å². The first-order valence-corrected chi connectivity index (χ1v) is 6.80. The van der Waals surface area contributed by atoms with Gasteiger partial charge in [0.15, 0.2) is 0 Å². The maximum absolute atomic E-state index is 12.1. The van der Waals surface area contributed by atoms with Crippen LogP contribution in [-0.4, -0.2) is 20.4 Å². The van der Waals surface area contributed by atoms with Crippen LogP contribution in [0.25, 0.3) is 10.9 Å². The average Bonchev–Trinajstić information content (AvgIpc) is 2.50. The van der Waals surface area contributed by atoms with E-state index < -0.39 is 0 Å². The second kappa shape index (κ2) is 5.77. The van der Waals surface area contributed by atoms with Crippen molar-refractivity contribution in [3.63, 3.8) is 0 Å². The van der Waals surface area contributed by atoms with Gasteiger partial charge in [0, 0.05) is 23.3 Å². The minimum Gasteiger partial charge on any atom is -0.324 e. The highest BCUT2D eigenvalue weighted by Crippen LogP contribution is 2.21. The Morgan fingerprint density at radius 1 is 1.23 bits per heavy atom. The van der Waals surface area contributed by atoms with Crippen LogP contribution in [0.4, 0.5) is 5.69 Å². The summed E-state index contributed by atoms with van der Waals surface area (Å²) < 4.78 is 1.27. The highest BCUT2D eigenvalue weighted by Gasteiger charge is 2.08. The molecule has 3 aromatic rings. The molecule has 0 saturated carbocycles. The maximum atomic E-state index is 12.1. The number of aryl methyl sites for hydroxylation is 1. The fourth-order valence-corrected chi connectivity index (χ4v) is 2.19. The molecule has 2 aromatic heterocycles. The van der Waals surface area contributed by atoms with Gasteiger partial charge >= 0.3 is 0 Å². The molecular weight excluding hydrogens is 280 g/mol. The number of amides is 1. The molecule has 6 heteroatoms. The zero-order valence-corrected chi connectivity index (χ0v) is 12.0. The summed E-state index contributed by atoms with van der Waals surface area (Å²) >= 11 is 0. The second-order valence-electron chi connectivity index (χ2n) is 4.92. The minimum atomic E-state index is -0.288. The van der Waals surface area contributed by atoms with Crippen LogP contribution in [0.2, 0.25) is 0 Å². The SMILES string of the molecule is Cc1cc(=O)n(CC(=O)Nc2cccc3ncccc23)cn1. The molecule has 0 bridgehead atoms. The number of nitrogens with one attached hydrogen (secondary N) is 1. The number of aromatic nitrogens is 3. The highest BCUT2D eigenvalue weighted by atomic mass is 16.2. The van der Waals surface area contributed by atoms with Crippen LogP contribution in [0.15, 0.2) is 53.7 Å². The molecule has 1 aromatic carbocycles. The first-order valence-electron chi connectivity index (χ1n) is 6.80. The van der Waals surface area contributed by atoms with Crippen molar-refractivity contribution in [1.29, 1.82) is 0 Å². The van der Waals surface area contributed by atoms with Gasteiger partial charge in [-0.2, -0.15) is 0 Å². The summed E-state index contributed by atoms with van der Waals surface area (Å²) in [6.45, 7) is 1.65. The molecule has 6 nitrogen and oxygen atoms in total. The van der Waals surface area contributed by atoms with Crippen molar-refractivity contribution < 1.29 is 4.79 Å². The summed E-state index contributed by atoms with van der Waals surface area (Å²) in [7, 11) is 0. The lowest BCUT2D eigenvalue weighted by Gasteiger charge is -2.09. The van der Waals surface area contributed by atoms with Crippen LogP contribution in [0.5, 0.6) is 0 Å². The van der Waals surface area contributed by atoms with Crippen LogP contribution in [0.3, 0.4) is 0 Å². The van der Waals surface area contributed by atoms with Crippen molar-refractivity contribution in [3.8, 4) is 0 Å². The van der Waals surface area contributed by atoms with E-state index in [0.717, 1.165) is 10.9 Å². The van der Waals surface area contributed by atoms with Crippen LogP contribution in [0.1, 0.15) is 5.69 Å². The van der Waals surface area contributed by atoms with Gasteiger partial charge < -0.3 is 5.32 Å². The predicted molar refractivity (Wildman–Crippen MR) is 83.6 cm³/mol. The molecule has 0 aliphatic heterocycles. The van der Waals surface area contributed by atoms with E-state index >= 15 is 0 Å². The molecule has 22 heavy (non-hydrogen) atoms. The molecule has 1 N–H and O–H groups in total. The molecule has 0 spiro atoms. The van der Waals surface area contributed by atoms with Crippen LogP contribution < -0.4 is 10.9 Å². The molecule has 110 valence electrons. The van der Waals surface area contributed by atoms with E-state index in [1.54, 1.807) is 19.2 Å². The molecule has 1 amide bonds. The number of rotatable bonds is 3. The summed E-state index contributed by atoms with van der Waals surface area (Å²) in [5.41, 5.74) is 1.85. The molecule has 0 atom stereocenters. The Bertz CT molecular complexity index is 897. The van der Waals surface area contributed by atoms with Gasteiger partial charge in [0.1, 0.15) is 6.54 Å². The smallest absolute Gasteiger partial charge is 0.253 e. The molecule has 0 saturated heterocycles. The molecule has 0 unspecified atom stereocenters. The Balaban J connectivity index is 1.83. The highest BCUT2D eigenvalue weighted by molar-refractivity contribution is 6.00. The predicted octanol–water partition coefficient (Wildman–Crippen LogP) is 1.74. The lowest BCUT2D eigenvalue weighted by Crippen LogP contribution is -2.27. The summed E-state index contributed by atoms with van der Waals surface area (Å²) in [5.74, 6) is -0.288. The Hall–Kier alpha value is -3.02. The number of pyridine rings is 1. The van der Waals surface area contributed by atoms with Crippen molar-refractivity contribution in [2.45, 2.75) is 13.5 Å². The molecule has 0 radical (unpaired) electrons. The minimum absolute atomic E-state index is 0.0806. The fourth-order valence-electron chi connectivity index (χ4n) is 2.19. The number of fused-ring (bicyclic) bond motifs is 1. The van der Waals surface area contributed by atoms with Gasteiger partial charge in [-0.15, -0.1) is 0 Å². The average molecular weight is 294 g/mol. The van der Waals surface area contributed by atoms with Crippen molar-refractivity contribution in [1.82, 2.24) is 14.5 Å². The van der Waals surface area contributed by atoms with Gasteiger partial charge in [-0.1, -0.05) is 6.07 Å². The van der Waals surface area contributed by atoms with Gasteiger partial charge in [-0.05, 0) is 31.2 Å². The fraction of sp³-hybridized carbons (Fsp3) is 0.125. The van der Waals surface area contributed by atoms with Gasteiger partial charge in [0.25, 0.3) is 5.56 Å². The van der Waals surface area contributed by atoms with Crippen molar-refractivity contribution in [2.24, 2.45) is 0 Å². The zero-order chi connectivity index (χ0) is 15.5. The third-order valence-electron chi connectivity index (χ3n) is 3.25. The Kier molecular flexibility index (Phi) is 3.65. The number of anilines is 1. The number of nitrogens with zero attached hydrogens (tertiary/aromatic N) is 3. The Morgan fingerprint density at radius 3 is 2.91 bits per heavy atom. The van der Waals surface area contributed by atoms with E-state index in [0.29, 0.717) is 11.4 Å². The molecule has 0 aliphatic carbocycles. The number of hydrogen-bond acceptors (Lipinski definition) is 4. The van der Waals surface area contributed by atoms with Crippen LogP contribution in [-0.2, 0) is 11.3 Å². The maximum Gasteiger partial charge on any atom is 0.253 e. The monoisotopic (exact) mass is 294 g/mol. The summed E-state index contributed by atoms with van der Waals surface area (Å²) in [4.78, 5) is 32.2. The quantitative estimate of drug-likeness (QED) is 0.798. The summed E-state index contributed by atoms with van der Waals surface area (Å²) in [6.07, 6.45) is 3.08. The molecule has 0 fully saturated rings. The van der Waals surface area contributed by atoms with E-state index in [2.05, 4.69) is 15.3 Å². The van der Waals surface area contributed by atoms with E-state index in [-0.39, 0.29) is 18.0 Å². The van der Waals surface area contributed by atoms with Gasteiger partial charge in [0.05, 0.1) is 17.5 Å². The number of hydrogen-bond donors (Lipinski definition) is 1. The second-order valence-corrected chi connectivity index (χ2v) is 4.92. The molecule has 2 heterocycles. The Morgan fingerprint density at radius 2 is 2.09 bits per heavy atom. The standard InChI is InChI=1S/C16H14N4O2/c1-11-8-16(22)20(10-18-11)9-15(21)19-14-6-2-5-13-12(14)4-3-7-17-13/h2-8,10H,9H2,1H3,(H,19,21). The van der Waals surface area contributed by atoms with E-state index in [1.807, 2.05) is 24.3 Å². The van der Waals surface area contributed by atoms with Crippen molar-refractivity contribution in [3.05, 3.63) is 65.0 Å². The molecule has 3 rings (SSSR count). The zero-order valence-electron chi connectivity index (χ0n) is 12.0. The lowest BCUT2D eigenvalue weighted by atomic mass is 10.2. The first-order chi connectivity index (χ1) is 10.6. The van der Waals surface area contributed by atoms with Crippen molar-refractivity contribution >= 4 is 22.5 Å². The number of carbonyl (C=O) groups is 1. The normalized spacial score (nSPS) is 10.6. The number of benzene rings is 1. The largest absolute Gasteiger partial charge is 0.324 e. The lowest BCUT2D eigenvalue weighted by molar-refractivity contribution is -0.116. The Labute approximate surface area is 126 Å². The van der Waals surface area contributed by atoms with Crippen LogP contribution in [0, 0.1) is 6.92 Å². The van der Waals surface area contributed by atoms with Crippen molar-refractivity contribution in [2.75, 3.05) is 5.32 Å². The van der Waals surface area contributed by atoms with E-state index in [4.69, 9.17) is 0 Å². The third kappa shape index (κ3) is 2.85. The number of carbonyl (C=O) groups excluding carboxylic acids is 1. The van der Waals surface area contributed by atoms with Gasteiger partial charge in [0.2, 0.25) is 5.91 Å². The van der Waals surface area contributed by atoms with Gasteiger partial charge in [-0.3, -0.25) is 19.1 Å². The van der Waals surface area contributed by atoms with Gasteiger partial charge in [-0.25, -0.2) is 4.98 Å². The van der Waals surface area contributed by atoms with Crippen LogP contribution >= 0.6 is 0 Å². The molecular formula is C16H14N4O2.